The van der Waals surface area contributed by atoms with Gasteiger partial charge in [-0.15, -0.1) is 0 Å². The van der Waals surface area contributed by atoms with E-state index in [1.54, 1.807) is 12.5 Å². The van der Waals surface area contributed by atoms with E-state index >= 15 is 0 Å². The van der Waals surface area contributed by atoms with Gasteiger partial charge < -0.3 is 10.2 Å². The Labute approximate surface area is 126 Å². The molecule has 3 rings (SSSR count). The highest BCUT2D eigenvalue weighted by atomic mass is 15.1. The molecule has 0 amide bonds. The third kappa shape index (κ3) is 3.42. The van der Waals surface area contributed by atoms with Crippen LogP contribution in [0.15, 0.2) is 37.1 Å². The van der Waals surface area contributed by atoms with Crippen molar-refractivity contribution in [2.45, 2.75) is 25.8 Å². The van der Waals surface area contributed by atoms with Crippen molar-refractivity contribution >= 4 is 5.69 Å². The lowest BCUT2D eigenvalue weighted by atomic mass is 9.92. The van der Waals surface area contributed by atoms with E-state index in [0.29, 0.717) is 12.0 Å². The van der Waals surface area contributed by atoms with Crippen LogP contribution < -0.4 is 5.32 Å². The predicted molar refractivity (Wildman–Crippen MR) is 84.7 cm³/mol. The first-order valence-corrected chi connectivity index (χ1v) is 7.62. The first kappa shape index (κ1) is 14.1. The normalized spacial score (nSPS) is 21.1. The minimum Gasteiger partial charge on any atom is -0.381 e. The Hall–Kier alpha value is -1.88. The number of rotatable bonds is 4. The van der Waals surface area contributed by atoms with Crippen LogP contribution in [0, 0.1) is 5.92 Å². The fourth-order valence-electron chi connectivity index (χ4n) is 3.01. The minimum atomic E-state index is 0.466. The van der Waals surface area contributed by atoms with Crippen molar-refractivity contribution < 1.29 is 0 Å². The number of nitrogens with one attached hydrogen (secondary N) is 1. The van der Waals surface area contributed by atoms with E-state index in [-0.39, 0.29) is 0 Å². The van der Waals surface area contributed by atoms with Crippen molar-refractivity contribution in [1.29, 1.82) is 0 Å². The number of piperidine rings is 1. The molecule has 0 radical (unpaired) electrons. The second-order valence-corrected chi connectivity index (χ2v) is 5.97. The predicted octanol–water partition coefficient (Wildman–Crippen LogP) is 2.41. The Morgan fingerprint density at radius 1 is 1.38 bits per heavy atom. The van der Waals surface area contributed by atoms with Gasteiger partial charge in [0.2, 0.25) is 0 Å². The molecule has 2 unspecified atom stereocenters. The summed E-state index contributed by atoms with van der Waals surface area (Å²) in [5.41, 5.74) is 1.08. The molecule has 1 aliphatic rings. The Kier molecular flexibility index (Phi) is 4.20. The van der Waals surface area contributed by atoms with Crippen molar-refractivity contribution in [3.8, 4) is 5.82 Å². The van der Waals surface area contributed by atoms with Crippen LogP contribution in [0.2, 0.25) is 0 Å². The molecule has 0 spiro atoms. The summed E-state index contributed by atoms with van der Waals surface area (Å²) in [4.78, 5) is 10.9. The molecule has 1 fully saturated rings. The molecule has 2 aromatic heterocycles. The molecule has 0 aliphatic carbocycles. The number of hydrogen-bond acceptors (Lipinski definition) is 4. The smallest absolute Gasteiger partial charge is 0.137 e. The van der Waals surface area contributed by atoms with Gasteiger partial charge in [-0.05, 0) is 51.4 Å². The average molecular weight is 285 g/mol. The molecule has 0 aromatic carbocycles. The van der Waals surface area contributed by atoms with Crippen molar-refractivity contribution in [2.75, 3.05) is 25.5 Å². The first-order chi connectivity index (χ1) is 10.2. The van der Waals surface area contributed by atoms with Crippen LogP contribution in [0.4, 0.5) is 5.69 Å². The third-order valence-electron chi connectivity index (χ3n) is 4.28. The van der Waals surface area contributed by atoms with Crippen LogP contribution in [0.5, 0.6) is 0 Å². The van der Waals surface area contributed by atoms with E-state index < -0.39 is 0 Å². The molecule has 0 bridgehead atoms. The van der Waals surface area contributed by atoms with Crippen molar-refractivity contribution in [3.63, 3.8) is 0 Å². The number of nitrogens with zero attached hydrogens (tertiary/aromatic N) is 4. The molecular weight excluding hydrogens is 262 g/mol. The number of likely N-dealkylation sites (tertiary alicyclic amines) is 1. The quantitative estimate of drug-likeness (QED) is 0.937. The topological polar surface area (TPSA) is 46.0 Å². The summed E-state index contributed by atoms with van der Waals surface area (Å²) in [6.07, 6.45) is 9.92. The Morgan fingerprint density at radius 3 is 2.95 bits per heavy atom. The molecule has 21 heavy (non-hydrogen) atoms. The van der Waals surface area contributed by atoms with Crippen LogP contribution in [0.3, 0.4) is 0 Å². The molecule has 5 heteroatoms. The summed E-state index contributed by atoms with van der Waals surface area (Å²) in [7, 11) is 2.21. The zero-order chi connectivity index (χ0) is 14.7. The molecule has 1 saturated heterocycles. The van der Waals surface area contributed by atoms with Gasteiger partial charge in [0.25, 0.3) is 0 Å². The molecule has 112 valence electrons. The summed E-state index contributed by atoms with van der Waals surface area (Å²) in [6, 6.07) is 4.57. The van der Waals surface area contributed by atoms with Gasteiger partial charge in [-0.25, -0.2) is 9.97 Å². The monoisotopic (exact) mass is 285 g/mol. The number of anilines is 1. The third-order valence-corrected chi connectivity index (χ3v) is 4.28. The lowest BCUT2D eigenvalue weighted by Gasteiger charge is -2.34. The van der Waals surface area contributed by atoms with E-state index in [1.165, 1.54) is 25.9 Å². The highest BCUT2D eigenvalue weighted by Crippen LogP contribution is 2.21. The van der Waals surface area contributed by atoms with Crippen LogP contribution in [-0.4, -0.2) is 45.6 Å². The molecule has 1 aliphatic heterocycles. The molecular formula is C16H23N5. The largest absolute Gasteiger partial charge is 0.381 e. The highest BCUT2D eigenvalue weighted by molar-refractivity contribution is 5.44. The molecule has 2 atom stereocenters. The molecule has 2 aromatic rings. The fraction of sp³-hybridized carbons (Fsp3) is 0.500. The van der Waals surface area contributed by atoms with Crippen LogP contribution >= 0.6 is 0 Å². The molecule has 3 heterocycles. The van der Waals surface area contributed by atoms with E-state index in [4.69, 9.17) is 0 Å². The maximum atomic E-state index is 4.48. The van der Waals surface area contributed by atoms with Gasteiger partial charge in [-0.3, -0.25) is 4.57 Å². The van der Waals surface area contributed by atoms with Gasteiger partial charge >= 0.3 is 0 Å². The number of hydrogen-bond donors (Lipinski definition) is 1. The van der Waals surface area contributed by atoms with Gasteiger partial charge in [-0.1, -0.05) is 0 Å². The van der Waals surface area contributed by atoms with Gasteiger partial charge in [0, 0.05) is 25.0 Å². The fourth-order valence-corrected chi connectivity index (χ4v) is 3.01. The van der Waals surface area contributed by atoms with Gasteiger partial charge in [0.05, 0.1) is 11.9 Å². The SMILES string of the molecule is CC(Nc1ccc(-n2ccnc2)nc1)C1CCCN(C)C1. The minimum absolute atomic E-state index is 0.466. The van der Waals surface area contributed by atoms with Crippen LogP contribution in [0.1, 0.15) is 19.8 Å². The highest BCUT2D eigenvalue weighted by Gasteiger charge is 2.22. The van der Waals surface area contributed by atoms with Gasteiger partial charge in [0.1, 0.15) is 12.1 Å². The number of pyridine rings is 1. The van der Waals surface area contributed by atoms with E-state index in [0.717, 1.165) is 11.5 Å². The zero-order valence-electron chi connectivity index (χ0n) is 12.7. The standard InChI is InChI=1S/C16H23N5/c1-13(14-4-3-8-20(2)11-14)19-15-5-6-16(18-10-15)21-9-7-17-12-21/h5-7,9-10,12-14,19H,3-4,8,11H2,1-2H3. The first-order valence-electron chi connectivity index (χ1n) is 7.62. The van der Waals surface area contributed by atoms with Crippen LogP contribution in [-0.2, 0) is 0 Å². The summed E-state index contributed by atoms with van der Waals surface area (Å²) >= 11 is 0. The zero-order valence-corrected chi connectivity index (χ0v) is 12.7. The Morgan fingerprint density at radius 2 is 2.29 bits per heavy atom. The number of imidazole rings is 1. The summed E-state index contributed by atoms with van der Waals surface area (Å²) in [5.74, 6) is 1.60. The summed E-state index contributed by atoms with van der Waals surface area (Å²) in [6.45, 7) is 4.67. The van der Waals surface area contributed by atoms with E-state index in [2.05, 4.69) is 40.2 Å². The second kappa shape index (κ2) is 6.26. The van der Waals surface area contributed by atoms with Crippen LogP contribution in [0.25, 0.3) is 5.82 Å². The lowest BCUT2D eigenvalue weighted by Crippen LogP contribution is -2.39. The lowest BCUT2D eigenvalue weighted by molar-refractivity contribution is 0.197. The van der Waals surface area contributed by atoms with Crippen molar-refractivity contribution in [3.05, 3.63) is 37.1 Å². The summed E-state index contributed by atoms with van der Waals surface area (Å²) in [5, 5.41) is 3.59. The number of aromatic nitrogens is 3. The van der Waals surface area contributed by atoms with Crippen molar-refractivity contribution in [1.82, 2.24) is 19.4 Å². The van der Waals surface area contributed by atoms with Crippen molar-refractivity contribution in [2.24, 2.45) is 5.92 Å². The van der Waals surface area contributed by atoms with Gasteiger partial charge in [0.15, 0.2) is 0 Å². The molecule has 1 N–H and O–H groups in total. The maximum Gasteiger partial charge on any atom is 0.137 e. The van der Waals surface area contributed by atoms with E-state index in [1.807, 2.05) is 23.0 Å². The molecule has 0 saturated carbocycles. The Bertz CT molecular complexity index is 549. The van der Waals surface area contributed by atoms with E-state index in [9.17, 15) is 0 Å². The molecule has 5 nitrogen and oxygen atoms in total. The average Bonchev–Trinajstić information content (AvgIpc) is 3.02. The summed E-state index contributed by atoms with van der Waals surface area (Å²) < 4.78 is 1.91. The second-order valence-electron chi connectivity index (χ2n) is 5.97. The maximum absolute atomic E-state index is 4.48. The Balaban J connectivity index is 1.62. The van der Waals surface area contributed by atoms with Gasteiger partial charge in [-0.2, -0.15) is 0 Å².